The third-order valence-electron chi connectivity index (χ3n) is 4.59. The Kier molecular flexibility index (Phi) is 5.08. The highest BCUT2D eigenvalue weighted by atomic mass is 19.4. The zero-order valence-electron chi connectivity index (χ0n) is 16.6. The number of carbonyl (C=O) groups excluding carboxylic acids is 1. The van der Waals surface area contributed by atoms with E-state index in [4.69, 9.17) is 0 Å². The van der Waals surface area contributed by atoms with Crippen LogP contribution in [-0.2, 0) is 5.92 Å². The predicted molar refractivity (Wildman–Crippen MR) is 104 cm³/mol. The molecule has 13 heteroatoms. The van der Waals surface area contributed by atoms with Crippen molar-refractivity contribution in [1.29, 1.82) is 5.26 Å². The molecular formula is C20H12F5N7O. The molecule has 33 heavy (non-hydrogen) atoms. The molecule has 0 aliphatic rings. The normalized spacial score (nSPS) is 12.0. The van der Waals surface area contributed by atoms with Gasteiger partial charge in [-0.3, -0.25) is 4.79 Å². The van der Waals surface area contributed by atoms with Gasteiger partial charge in [0.15, 0.2) is 17.2 Å². The van der Waals surface area contributed by atoms with Gasteiger partial charge in [0, 0.05) is 11.8 Å². The second-order valence-corrected chi connectivity index (χ2v) is 6.87. The van der Waals surface area contributed by atoms with Crippen molar-refractivity contribution < 1.29 is 26.7 Å². The second kappa shape index (κ2) is 7.66. The van der Waals surface area contributed by atoms with Gasteiger partial charge >= 0.3 is 12.1 Å². The summed E-state index contributed by atoms with van der Waals surface area (Å²) >= 11 is 0. The minimum Gasteiger partial charge on any atom is -0.304 e. The monoisotopic (exact) mass is 461 g/mol. The minimum atomic E-state index is -5.88. The van der Waals surface area contributed by atoms with Gasteiger partial charge in [0.05, 0.1) is 11.9 Å². The molecule has 0 unspecified atom stereocenters. The zero-order chi connectivity index (χ0) is 24.0. The van der Waals surface area contributed by atoms with Crippen LogP contribution in [0.4, 0.5) is 27.8 Å². The van der Waals surface area contributed by atoms with Crippen LogP contribution in [0.3, 0.4) is 0 Å². The first-order valence-electron chi connectivity index (χ1n) is 9.20. The summed E-state index contributed by atoms with van der Waals surface area (Å²) in [6, 6.07) is 11.8. The second-order valence-electron chi connectivity index (χ2n) is 6.87. The quantitative estimate of drug-likeness (QED) is 0.463. The van der Waals surface area contributed by atoms with Crippen LogP contribution in [0.1, 0.15) is 27.4 Å². The molecule has 4 aromatic rings. The molecule has 1 aromatic carbocycles. The summed E-state index contributed by atoms with van der Waals surface area (Å²) in [7, 11) is 0. The Labute approximate surface area is 181 Å². The van der Waals surface area contributed by atoms with Crippen LogP contribution in [-0.4, -0.2) is 36.5 Å². The first-order chi connectivity index (χ1) is 15.5. The molecule has 168 valence electrons. The van der Waals surface area contributed by atoms with Gasteiger partial charge in [-0.15, -0.1) is 0 Å². The molecule has 0 bridgehead atoms. The van der Waals surface area contributed by atoms with Crippen molar-refractivity contribution in [2.24, 2.45) is 0 Å². The molecule has 0 saturated carbocycles. The van der Waals surface area contributed by atoms with Crippen LogP contribution < -0.4 is 5.32 Å². The van der Waals surface area contributed by atoms with Crippen molar-refractivity contribution in [3.63, 3.8) is 0 Å². The maximum absolute atomic E-state index is 14.1. The van der Waals surface area contributed by atoms with Crippen LogP contribution in [0.15, 0.2) is 48.7 Å². The van der Waals surface area contributed by atoms with E-state index in [0.717, 1.165) is 6.07 Å². The fraction of sp³-hybridized carbons (Fsp3) is 0.150. The molecule has 0 atom stereocenters. The standard InChI is InChI=1S/C20H12F5N7O/c1-11-7-15(19(21,22)20(23,24)25)32-16(28-11)8-14(30-32)18(33)29-17-12(9-26)10-27-31(17)13-5-3-2-4-6-13/h2-8,10H,1H3,(H,29,33). The smallest absolute Gasteiger partial charge is 0.304 e. The number of fused-ring (bicyclic) bond motifs is 1. The van der Waals surface area contributed by atoms with E-state index in [0.29, 0.717) is 11.8 Å². The topological polar surface area (TPSA) is 101 Å². The maximum atomic E-state index is 14.1. The van der Waals surface area contributed by atoms with Gasteiger partial charge in [0.25, 0.3) is 5.91 Å². The lowest BCUT2D eigenvalue weighted by atomic mass is 10.2. The first-order valence-corrected chi connectivity index (χ1v) is 9.20. The van der Waals surface area contributed by atoms with Crippen molar-refractivity contribution in [3.05, 3.63) is 71.3 Å². The number of anilines is 1. The number of para-hydroxylation sites is 1. The zero-order valence-corrected chi connectivity index (χ0v) is 16.6. The van der Waals surface area contributed by atoms with Gasteiger partial charge in [-0.25, -0.2) is 14.2 Å². The molecule has 1 amide bonds. The Hall–Kier alpha value is -4.34. The average Bonchev–Trinajstić information content (AvgIpc) is 3.36. The number of halogens is 5. The number of hydrogen-bond donors (Lipinski definition) is 1. The summed E-state index contributed by atoms with van der Waals surface area (Å²) in [6.45, 7) is 1.24. The molecule has 0 saturated heterocycles. The molecule has 0 spiro atoms. The molecule has 3 aromatic heterocycles. The van der Waals surface area contributed by atoms with Gasteiger partial charge in [0.1, 0.15) is 17.3 Å². The Morgan fingerprint density at radius 3 is 2.45 bits per heavy atom. The molecule has 0 aliphatic carbocycles. The number of hydrogen-bond acceptors (Lipinski definition) is 5. The lowest BCUT2D eigenvalue weighted by Crippen LogP contribution is -2.36. The highest BCUT2D eigenvalue weighted by Crippen LogP contribution is 2.43. The van der Waals surface area contributed by atoms with Crippen molar-refractivity contribution in [3.8, 4) is 11.8 Å². The average molecular weight is 461 g/mol. The number of alkyl halides is 5. The Morgan fingerprint density at radius 1 is 1.12 bits per heavy atom. The molecule has 0 fully saturated rings. The van der Waals surface area contributed by atoms with E-state index in [1.54, 1.807) is 30.3 Å². The lowest BCUT2D eigenvalue weighted by Gasteiger charge is -2.20. The number of nitrogens with one attached hydrogen (secondary N) is 1. The molecule has 3 heterocycles. The van der Waals surface area contributed by atoms with E-state index >= 15 is 0 Å². The van der Waals surface area contributed by atoms with E-state index in [-0.39, 0.29) is 27.2 Å². The largest absolute Gasteiger partial charge is 0.459 e. The summed E-state index contributed by atoms with van der Waals surface area (Å²) < 4.78 is 68.5. The number of nitrogens with zero attached hydrogens (tertiary/aromatic N) is 6. The van der Waals surface area contributed by atoms with Crippen LogP contribution in [0, 0.1) is 18.3 Å². The maximum Gasteiger partial charge on any atom is 0.459 e. The fourth-order valence-electron chi connectivity index (χ4n) is 3.07. The van der Waals surface area contributed by atoms with Gasteiger partial charge in [-0.05, 0) is 25.1 Å². The van der Waals surface area contributed by atoms with E-state index < -0.39 is 29.4 Å². The molecule has 4 rings (SSSR count). The molecule has 0 aliphatic heterocycles. The number of benzene rings is 1. The number of aryl methyl sites for hydroxylation is 1. The van der Waals surface area contributed by atoms with Crippen molar-refractivity contribution >= 4 is 17.4 Å². The Bertz CT molecular complexity index is 1400. The number of aromatic nitrogens is 5. The van der Waals surface area contributed by atoms with Crippen molar-refractivity contribution in [2.75, 3.05) is 5.32 Å². The number of nitriles is 1. The predicted octanol–water partition coefficient (Wildman–Crippen LogP) is 4.00. The van der Waals surface area contributed by atoms with Crippen LogP contribution in [0.2, 0.25) is 0 Å². The summed E-state index contributed by atoms with van der Waals surface area (Å²) in [5.41, 5.74) is -1.97. The van der Waals surface area contributed by atoms with Gasteiger partial charge < -0.3 is 5.32 Å². The highest BCUT2D eigenvalue weighted by Gasteiger charge is 2.60. The minimum absolute atomic E-state index is 0.00534. The van der Waals surface area contributed by atoms with Gasteiger partial charge in [-0.1, -0.05) is 18.2 Å². The fourth-order valence-corrected chi connectivity index (χ4v) is 3.07. The van der Waals surface area contributed by atoms with Gasteiger partial charge in [0.2, 0.25) is 0 Å². The highest BCUT2D eigenvalue weighted by molar-refractivity contribution is 6.03. The lowest BCUT2D eigenvalue weighted by molar-refractivity contribution is -0.291. The van der Waals surface area contributed by atoms with Crippen molar-refractivity contribution in [1.82, 2.24) is 24.4 Å². The Morgan fingerprint density at radius 2 is 1.82 bits per heavy atom. The van der Waals surface area contributed by atoms with Crippen LogP contribution in [0.25, 0.3) is 11.3 Å². The summed E-state index contributed by atoms with van der Waals surface area (Å²) in [5, 5.41) is 19.4. The molecule has 8 nitrogen and oxygen atoms in total. The number of amides is 1. The number of carbonyl (C=O) groups is 1. The third kappa shape index (κ3) is 3.75. The van der Waals surface area contributed by atoms with Crippen molar-refractivity contribution in [2.45, 2.75) is 19.0 Å². The van der Waals surface area contributed by atoms with E-state index in [1.165, 1.54) is 17.8 Å². The molecule has 0 radical (unpaired) electrons. The van der Waals surface area contributed by atoms with E-state index in [2.05, 4.69) is 20.5 Å². The third-order valence-corrected chi connectivity index (χ3v) is 4.59. The summed E-state index contributed by atoms with van der Waals surface area (Å²) in [6.07, 6.45) is -4.68. The summed E-state index contributed by atoms with van der Waals surface area (Å²) in [4.78, 5) is 16.7. The molecular weight excluding hydrogens is 449 g/mol. The van der Waals surface area contributed by atoms with Crippen LogP contribution in [0.5, 0.6) is 0 Å². The SMILES string of the molecule is Cc1cc(C(F)(F)C(F)(F)F)n2nc(C(=O)Nc3c(C#N)cnn3-c3ccccc3)cc2n1. The summed E-state index contributed by atoms with van der Waals surface area (Å²) in [5.74, 6) is -6.23. The van der Waals surface area contributed by atoms with E-state index in [9.17, 15) is 32.0 Å². The van der Waals surface area contributed by atoms with E-state index in [1.807, 2.05) is 6.07 Å². The Balaban J connectivity index is 1.77. The van der Waals surface area contributed by atoms with Gasteiger partial charge in [-0.2, -0.15) is 37.4 Å². The molecule has 1 N–H and O–H groups in total. The first kappa shape index (κ1) is 21.9. The van der Waals surface area contributed by atoms with Crippen LogP contribution >= 0.6 is 0 Å². The number of rotatable bonds is 4.